The van der Waals surface area contributed by atoms with Gasteiger partial charge >= 0.3 is 0 Å². The van der Waals surface area contributed by atoms with Gasteiger partial charge in [0, 0.05) is 81.6 Å². The number of piperidine rings is 2. The number of hydrogen-bond acceptors (Lipinski definition) is 8. The average Bonchev–Trinajstić information content (AvgIpc) is 3.53. The van der Waals surface area contributed by atoms with Crippen LogP contribution in [0.3, 0.4) is 0 Å². The molecule has 3 atom stereocenters. The monoisotopic (exact) mass is 743 g/mol. The van der Waals surface area contributed by atoms with Crippen LogP contribution in [-0.4, -0.2) is 84.5 Å². The van der Waals surface area contributed by atoms with Gasteiger partial charge in [0.15, 0.2) is 0 Å². The van der Waals surface area contributed by atoms with Gasteiger partial charge in [-0.25, -0.2) is 4.39 Å². The summed E-state index contributed by atoms with van der Waals surface area (Å²) < 4.78 is 20.2. The topological polar surface area (TPSA) is 106 Å². The molecule has 3 saturated heterocycles. The van der Waals surface area contributed by atoms with Crippen molar-refractivity contribution < 1.29 is 28.6 Å². The summed E-state index contributed by atoms with van der Waals surface area (Å²) in [6.45, 7) is 7.74. The van der Waals surface area contributed by atoms with Crippen LogP contribution in [0.4, 0.5) is 15.8 Å². The molecule has 2 N–H and O–H groups in total. The summed E-state index contributed by atoms with van der Waals surface area (Å²) in [5, 5.41) is 12.5. The predicted molar refractivity (Wildman–Crippen MR) is 206 cm³/mol. The smallest absolute Gasteiger partial charge is 0.255 e. The van der Waals surface area contributed by atoms with E-state index < -0.39 is 6.04 Å². The lowest BCUT2D eigenvalue weighted by Gasteiger charge is -2.40. The molecule has 11 heteroatoms. The van der Waals surface area contributed by atoms with E-state index in [-0.39, 0.29) is 47.7 Å². The number of amides is 3. The van der Waals surface area contributed by atoms with Crippen LogP contribution in [0, 0.1) is 11.7 Å². The Hall–Kier alpha value is -5.26. The second kappa shape index (κ2) is 14.8. The molecule has 55 heavy (non-hydrogen) atoms. The third-order valence-electron chi connectivity index (χ3n) is 12.4. The van der Waals surface area contributed by atoms with E-state index in [1.165, 1.54) is 17.8 Å². The van der Waals surface area contributed by atoms with Gasteiger partial charge in [-0.2, -0.15) is 0 Å². The number of carbonyl (C=O) groups is 3. The number of piperazine rings is 1. The van der Waals surface area contributed by atoms with Gasteiger partial charge < -0.3 is 24.5 Å². The SMILES string of the molecule is O=C1CC[C@H](N2Cc3cc(N4CCN(CC5CCN(c6ccc([C@@H]7c8ccc(O)cc8CO[C@@H]7c7ccc(F)cc7)cc6)CC5)CC4)ccc3C2=O)C(=O)N1. The summed E-state index contributed by atoms with van der Waals surface area (Å²) in [7, 11) is 0. The molecule has 0 unspecified atom stereocenters. The van der Waals surface area contributed by atoms with Crippen molar-refractivity contribution in [1.82, 2.24) is 15.1 Å². The Bertz CT molecular complexity index is 2090. The molecule has 3 amide bonds. The van der Waals surface area contributed by atoms with E-state index >= 15 is 0 Å². The average molecular weight is 744 g/mol. The minimum absolute atomic E-state index is 0.0858. The van der Waals surface area contributed by atoms with Gasteiger partial charge in [-0.15, -0.1) is 0 Å². The number of phenols is 1. The Morgan fingerprint density at radius 1 is 0.745 bits per heavy atom. The second-order valence-corrected chi connectivity index (χ2v) is 15.7. The van der Waals surface area contributed by atoms with E-state index in [0.717, 1.165) is 92.2 Å². The van der Waals surface area contributed by atoms with Gasteiger partial charge in [-0.1, -0.05) is 30.3 Å². The van der Waals surface area contributed by atoms with Gasteiger partial charge in [0.05, 0.1) is 12.7 Å². The van der Waals surface area contributed by atoms with Crippen LogP contribution in [0.1, 0.15) is 75.9 Å². The molecule has 4 aromatic rings. The first-order chi connectivity index (χ1) is 26.8. The first-order valence-corrected chi connectivity index (χ1v) is 19.6. The highest BCUT2D eigenvalue weighted by molar-refractivity contribution is 6.05. The fourth-order valence-corrected chi connectivity index (χ4v) is 9.33. The Balaban J connectivity index is 0.783. The molecule has 3 fully saturated rings. The number of hydrogen-bond donors (Lipinski definition) is 2. The first kappa shape index (κ1) is 35.4. The zero-order chi connectivity index (χ0) is 37.6. The number of rotatable bonds is 7. The number of fused-ring (bicyclic) bond motifs is 2. The number of nitrogens with one attached hydrogen (secondary N) is 1. The largest absolute Gasteiger partial charge is 0.508 e. The molecule has 5 aliphatic heterocycles. The van der Waals surface area contributed by atoms with Crippen LogP contribution >= 0.6 is 0 Å². The standard InChI is InChI=1S/C44H46FN5O5/c45-33-5-1-30(2-6-33)42-41(37-12-10-36(51)24-32(37)27-55-42)29-3-7-34(8-4-29)48-17-15-28(16-18-48)25-47-19-21-49(22-20-47)35-9-11-38-31(23-35)26-50(44(38)54)39-13-14-40(52)46-43(39)53/h1-12,23-24,28,39,41-42,51H,13-22,25-27H2,(H,46,52,53)/t39-,41+,42+/m0/s1. The molecular formula is C44H46FN5O5. The molecule has 5 heterocycles. The van der Waals surface area contributed by atoms with Crippen molar-refractivity contribution in [3.8, 4) is 5.75 Å². The van der Waals surface area contributed by atoms with Crippen LogP contribution in [0.5, 0.6) is 5.75 Å². The highest BCUT2D eigenvalue weighted by atomic mass is 19.1. The fourth-order valence-electron chi connectivity index (χ4n) is 9.33. The van der Waals surface area contributed by atoms with Crippen molar-refractivity contribution in [2.75, 3.05) is 55.6 Å². The van der Waals surface area contributed by atoms with Gasteiger partial charge in [0.2, 0.25) is 11.8 Å². The van der Waals surface area contributed by atoms with Gasteiger partial charge in [0.1, 0.15) is 17.6 Å². The summed E-state index contributed by atoms with van der Waals surface area (Å²) >= 11 is 0. The van der Waals surface area contributed by atoms with Crippen LogP contribution < -0.4 is 15.1 Å². The van der Waals surface area contributed by atoms with Crippen LogP contribution in [0.15, 0.2) is 84.9 Å². The number of aromatic hydroxyl groups is 1. The van der Waals surface area contributed by atoms with E-state index in [0.29, 0.717) is 31.1 Å². The van der Waals surface area contributed by atoms with Crippen molar-refractivity contribution in [2.24, 2.45) is 5.92 Å². The Labute approximate surface area is 320 Å². The van der Waals surface area contributed by atoms with Gasteiger partial charge in [-0.05, 0) is 108 Å². The van der Waals surface area contributed by atoms with E-state index in [9.17, 15) is 23.9 Å². The van der Waals surface area contributed by atoms with Crippen molar-refractivity contribution in [3.63, 3.8) is 0 Å². The maximum atomic E-state index is 13.8. The fraction of sp³-hybridized carbons (Fsp3) is 0.386. The zero-order valence-corrected chi connectivity index (χ0v) is 30.8. The molecule has 4 aromatic carbocycles. The summed E-state index contributed by atoms with van der Waals surface area (Å²) in [4.78, 5) is 46.3. The van der Waals surface area contributed by atoms with Crippen molar-refractivity contribution in [3.05, 3.63) is 124 Å². The third kappa shape index (κ3) is 7.07. The molecule has 0 aliphatic carbocycles. The Morgan fingerprint density at radius 2 is 1.45 bits per heavy atom. The third-order valence-corrected chi connectivity index (χ3v) is 12.4. The minimum atomic E-state index is -0.599. The zero-order valence-electron chi connectivity index (χ0n) is 30.8. The second-order valence-electron chi connectivity index (χ2n) is 15.7. The number of benzene rings is 4. The molecule has 0 radical (unpaired) electrons. The molecule has 0 aromatic heterocycles. The summed E-state index contributed by atoms with van der Waals surface area (Å²) in [6.07, 6.45) is 2.64. The molecule has 0 bridgehead atoms. The molecule has 10 nitrogen and oxygen atoms in total. The number of imide groups is 1. The normalized spacial score (nSPS) is 23.5. The lowest BCUT2D eigenvalue weighted by atomic mass is 9.79. The highest BCUT2D eigenvalue weighted by Gasteiger charge is 2.39. The summed E-state index contributed by atoms with van der Waals surface area (Å²) in [5.74, 6) is -0.281. The number of phenolic OH excluding ortho intramolecular Hbond substituents is 1. The predicted octanol–water partition coefficient (Wildman–Crippen LogP) is 5.73. The highest BCUT2D eigenvalue weighted by Crippen LogP contribution is 2.46. The number of halogens is 1. The molecule has 284 valence electrons. The lowest BCUT2D eigenvalue weighted by molar-refractivity contribution is -0.136. The van der Waals surface area contributed by atoms with Crippen molar-refractivity contribution in [1.29, 1.82) is 0 Å². The van der Waals surface area contributed by atoms with E-state index in [2.05, 4.69) is 50.3 Å². The first-order valence-electron chi connectivity index (χ1n) is 19.6. The summed E-state index contributed by atoms with van der Waals surface area (Å²) in [6, 6.07) is 26.3. The maximum absolute atomic E-state index is 13.8. The number of ether oxygens (including phenoxy) is 1. The lowest BCUT2D eigenvalue weighted by Crippen LogP contribution is -2.52. The van der Waals surface area contributed by atoms with Crippen LogP contribution in [-0.2, 0) is 27.5 Å². The quantitative estimate of drug-likeness (QED) is 0.231. The van der Waals surface area contributed by atoms with E-state index in [1.54, 1.807) is 29.2 Å². The molecule has 0 spiro atoms. The maximum Gasteiger partial charge on any atom is 0.255 e. The van der Waals surface area contributed by atoms with E-state index in [4.69, 9.17) is 4.74 Å². The number of carbonyl (C=O) groups excluding carboxylic acids is 3. The van der Waals surface area contributed by atoms with Gasteiger partial charge in [-0.3, -0.25) is 24.6 Å². The Kier molecular flexibility index (Phi) is 9.51. The molecular weight excluding hydrogens is 698 g/mol. The van der Waals surface area contributed by atoms with Gasteiger partial charge in [0.25, 0.3) is 5.91 Å². The molecule has 5 aliphatic rings. The molecule has 0 saturated carbocycles. The van der Waals surface area contributed by atoms with Crippen molar-refractivity contribution in [2.45, 2.75) is 56.9 Å². The van der Waals surface area contributed by atoms with Crippen LogP contribution in [0.25, 0.3) is 0 Å². The number of anilines is 2. The molecule has 9 rings (SSSR count). The number of nitrogens with zero attached hydrogens (tertiary/aromatic N) is 4. The van der Waals surface area contributed by atoms with Crippen molar-refractivity contribution >= 4 is 29.1 Å². The minimum Gasteiger partial charge on any atom is -0.508 e. The Morgan fingerprint density at radius 3 is 2.20 bits per heavy atom. The van der Waals surface area contributed by atoms with Crippen LogP contribution in [0.2, 0.25) is 0 Å². The van der Waals surface area contributed by atoms with E-state index in [1.807, 2.05) is 18.2 Å². The summed E-state index contributed by atoms with van der Waals surface area (Å²) in [5.41, 5.74) is 8.07.